The zero-order valence-electron chi connectivity index (χ0n) is 16.1. The first kappa shape index (κ1) is 22.0. The fourth-order valence-electron chi connectivity index (χ4n) is 3.61. The van der Waals surface area contributed by atoms with Crippen LogP contribution in [0.3, 0.4) is 0 Å². The second-order valence-electron chi connectivity index (χ2n) is 7.00. The lowest BCUT2D eigenvalue weighted by Crippen LogP contribution is -2.40. The summed E-state index contributed by atoms with van der Waals surface area (Å²) in [7, 11) is 3.84. The van der Waals surface area contributed by atoms with Gasteiger partial charge in [0.1, 0.15) is 0 Å². The van der Waals surface area contributed by atoms with E-state index in [0.29, 0.717) is 5.92 Å². The minimum absolute atomic E-state index is 0. The topological polar surface area (TPSA) is 45.5 Å². The van der Waals surface area contributed by atoms with Crippen LogP contribution in [0.4, 0.5) is 0 Å². The Labute approximate surface area is 184 Å². The number of nitrogens with zero attached hydrogens (tertiary/aromatic N) is 4. The van der Waals surface area contributed by atoms with Gasteiger partial charge in [0.15, 0.2) is 5.96 Å². The molecule has 0 bridgehead atoms. The van der Waals surface area contributed by atoms with Gasteiger partial charge in [-0.2, -0.15) is 5.10 Å². The minimum atomic E-state index is 0. The summed E-state index contributed by atoms with van der Waals surface area (Å²) in [6.07, 6.45) is 8.40. The van der Waals surface area contributed by atoms with Gasteiger partial charge >= 0.3 is 0 Å². The summed E-state index contributed by atoms with van der Waals surface area (Å²) in [5, 5.41) is 8.63. The average molecular weight is 502 g/mol. The maximum absolute atomic E-state index is 6.22. The second kappa shape index (κ2) is 10.9. The van der Waals surface area contributed by atoms with E-state index in [-0.39, 0.29) is 24.0 Å². The highest BCUT2D eigenvalue weighted by atomic mass is 127. The zero-order chi connectivity index (χ0) is 18.4. The molecule has 27 heavy (non-hydrogen) atoms. The number of nitrogens with one attached hydrogen (secondary N) is 1. The second-order valence-corrected chi connectivity index (χ2v) is 7.40. The third kappa shape index (κ3) is 6.38. The first-order valence-electron chi connectivity index (χ1n) is 9.32. The summed E-state index contributed by atoms with van der Waals surface area (Å²) < 4.78 is 1.88. The Kier molecular flexibility index (Phi) is 8.89. The molecule has 1 N–H and O–H groups in total. The molecular weight excluding hydrogens is 473 g/mol. The molecule has 1 aliphatic heterocycles. The molecule has 1 saturated heterocycles. The number of halogens is 2. The molecule has 5 nitrogen and oxygen atoms in total. The first-order chi connectivity index (χ1) is 12.7. The molecule has 1 fully saturated rings. The lowest BCUT2D eigenvalue weighted by atomic mass is 10.0. The third-order valence-electron chi connectivity index (χ3n) is 4.94. The molecular formula is C20H29ClIN5. The van der Waals surface area contributed by atoms with E-state index >= 15 is 0 Å². The Hall–Kier alpha value is -1.28. The van der Waals surface area contributed by atoms with Gasteiger partial charge in [-0.25, -0.2) is 0 Å². The van der Waals surface area contributed by atoms with Crippen molar-refractivity contribution in [1.82, 2.24) is 20.0 Å². The van der Waals surface area contributed by atoms with E-state index in [4.69, 9.17) is 11.6 Å². The van der Waals surface area contributed by atoms with E-state index in [2.05, 4.69) is 32.6 Å². The normalized spacial score (nSPS) is 17.1. The Bertz CT molecular complexity index is 745. The van der Waals surface area contributed by atoms with E-state index < -0.39 is 0 Å². The van der Waals surface area contributed by atoms with Gasteiger partial charge in [-0.05, 0) is 48.8 Å². The van der Waals surface area contributed by atoms with Crippen molar-refractivity contribution in [3.05, 3.63) is 52.8 Å². The van der Waals surface area contributed by atoms with Gasteiger partial charge in [0, 0.05) is 44.9 Å². The number of hydrogen-bond donors (Lipinski definition) is 1. The molecule has 0 spiro atoms. The van der Waals surface area contributed by atoms with E-state index in [0.717, 1.165) is 49.9 Å². The van der Waals surface area contributed by atoms with Crippen LogP contribution in [0.5, 0.6) is 0 Å². The lowest BCUT2D eigenvalue weighted by molar-refractivity contribution is 0.459. The number of hydrogen-bond acceptors (Lipinski definition) is 2. The summed E-state index contributed by atoms with van der Waals surface area (Å²) in [6, 6.07) is 8.07. The van der Waals surface area contributed by atoms with Crippen LogP contribution < -0.4 is 5.32 Å². The Balaban J connectivity index is 0.00000261. The van der Waals surface area contributed by atoms with Gasteiger partial charge in [0.05, 0.1) is 6.20 Å². The summed E-state index contributed by atoms with van der Waals surface area (Å²) >= 11 is 6.22. The minimum Gasteiger partial charge on any atom is -0.356 e. The van der Waals surface area contributed by atoms with Gasteiger partial charge in [-0.3, -0.25) is 9.67 Å². The predicted molar refractivity (Wildman–Crippen MR) is 123 cm³/mol. The third-order valence-corrected chi connectivity index (χ3v) is 5.31. The van der Waals surface area contributed by atoms with E-state index in [1.54, 1.807) is 0 Å². The molecule has 1 unspecified atom stereocenters. The standard InChI is InChI=1S/C20H28ClN5.HI/c1-22-20(23-10-5-7-18-6-3-4-8-19(18)21)26-11-9-16(15-26)12-17-13-24-25(2)14-17;/h3-4,6,8,13-14,16H,5,7,9-12,15H2,1-2H3,(H,22,23);1H. The number of aliphatic imine (C=N–C) groups is 1. The van der Waals surface area contributed by atoms with Crippen LogP contribution in [-0.2, 0) is 19.9 Å². The quantitative estimate of drug-likeness (QED) is 0.284. The van der Waals surface area contributed by atoms with Gasteiger partial charge < -0.3 is 10.2 Å². The molecule has 7 heteroatoms. The van der Waals surface area contributed by atoms with Gasteiger partial charge in [0.2, 0.25) is 0 Å². The number of guanidine groups is 1. The van der Waals surface area contributed by atoms with Crippen molar-refractivity contribution in [2.24, 2.45) is 18.0 Å². The number of likely N-dealkylation sites (tertiary alicyclic amines) is 1. The molecule has 0 saturated carbocycles. The molecule has 3 rings (SSSR count). The fraction of sp³-hybridized carbons (Fsp3) is 0.500. The molecule has 0 aliphatic carbocycles. The summed E-state index contributed by atoms with van der Waals surface area (Å²) in [5.41, 5.74) is 2.53. The van der Waals surface area contributed by atoms with Crippen LogP contribution in [0.2, 0.25) is 5.02 Å². The maximum atomic E-state index is 6.22. The highest BCUT2D eigenvalue weighted by Gasteiger charge is 2.25. The van der Waals surface area contributed by atoms with Crippen molar-refractivity contribution in [3.8, 4) is 0 Å². The SMILES string of the molecule is CN=C(NCCCc1ccccc1Cl)N1CCC(Cc2cnn(C)c2)C1.I. The molecule has 2 heterocycles. The molecule has 148 valence electrons. The van der Waals surface area contributed by atoms with Crippen molar-refractivity contribution in [2.45, 2.75) is 25.7 Å². The highest BCUT2D eigenvalue weighted by Crippen LogP contribution is 2.21. The van der Waals surface area contributed by atoms with Crippen LogP contribution >= 0.6 is 35.6 Å². The van der Waals surface area contributed by atoms with Crippen molar-refractivity contribution in [2.75, 3.05) is 26.7 Å². The van der Waals surface area contributed by atoms with Crippen molar-refractivity contribution >= 4 is 41.5 Å². The Morgan fingerprint density at radius 3 is 2.89 bits per heavy atom. The van der Waals surface area contributed by atoms with Crippen LogP contribution in [-0.4, -0.2) is 47.3 Å². The molecule has 1 aliphatic rings. The van der Waals surface area contributed by atoms with Crippen LogP contribution in [0.1, 0.15) is 24.0 Å². The van der Waals surface area contributed by atoms with Crippen LogP contribution in [0, 0.1) is 5.92 Å². The summed E-state index contributed by atoms with van der Waals surface area (Å²) in [4.78, 5) is 6.84. The lowest BCUT2D eigenvalue weighted by Gasteiger charge is -2.21. The van der Waals surface area contributed by atoms with Gasteiger partial charge in [-0.15, -0.1) is 24.0 Å². The first-order valence-corrected chi connectivity index (χ1v) is 9.70. The zero-order valence-corrected chi connectivity index (χ0v) is 19.2. The smallest absolute Gasteiger partial charge is 0.193 e. The molecule has 1 aromatic carbocycles. The van der Waals surface area contributed by atoms with Crippen molar-refractivity contribution in [3.63, 3.8) is 0 Å². The van der Waals surface area contributed by atoms with Gasteiger partial charge in [-0.1, -0.05) is 29.8 Å². The number of aryl methyl sites for hydroxylation is 2. The maximum Gasteiger partial charge on any atom is 0.193 e. The number of aromatic nitrogens is 2. The molecule has 0 amide bonds. The van der Waals surface area contributed by atoms with Crippen LogP contribution in [0.15, 0.2) is 41.7 Å². The largest absolute Gasteiger partial charge is 0.356 e. The summed E-state index contributed by atoms with van der Waals surface area (Å²) in [5.74, 6) is 1.68. The average Bonchev–Trinajstić information content (AvgIpc) is 3.26. The summed E-state index contributed by atoms with van der Waals surface area (Å²) in [6.45, 7) is 3.02. The highest BCUT2D eigenvalue weighted by molar-refractivity contribution is 14.0. The number of rotatable bonds is 6. The van der Waals surface area contributed by atoms with Gasteiger partial charge in [0.25, 0.3) is 0 Å². The van der Waals surface area contributed by atoms with Crippen molar-refractivity contribution in [1.29, 1.82) is 0 Å². The van der Waals surface area contributed by atoms with Crippen molar-refractivity contribution < 1.29 is 0 Å². The van der Waals surface area contributed by atoms with E-state index in [1.165, 1.54) is 17.5 Å². The molecule has 1 aromatic heterocycles. The fourth-order valence-corrected chi connectivity index (χ4v) is 3.84. The van der Waals surface area contributed by atoms with E-state index in [9.17, 15) is 0 Å². The molecule has 1 atom stereocenters. The molecule has 2 aromatic rings. The monoisotopic (exact) mass is 501 g/mol. The predicted octanol–water partition coefficient (Wildman–Crippen LogP) is 3.76. The van der Waals surface area contributed by atoms with E-state index in [1.807, 2.05) is 43.2 Å². The number of benzene rings is 1. The Morgan fingerprint density at radius 1 is 1.37 bits per heavy atom. The molecule has 0 radical (unpaired) electrons. The Morgan fingerprint density at radius 2 is 2.19 bits per heavy atom. The van der Waals surface area contributed by atoms with Crippen LogP contribution in [0.25, 0.3) is 0 Å².